The van der Waals surface area contributed by atoms with Gasteiger partial charge in [-0.25, -0.2) is 14.6 Å². The Morgan fingerprint density at radius 1 is 1.14 bits per heavy atom. The average Bonchev–Trinajstić information content (AvgIpc) is 3.35. The normalized spacial score (nSPS) is 15.1. The molecule has 0 spiro atoms. The Labute approximate surface area is 239 Å². The lowest BCUT2D eigenvalue weighted by atomic mass is 10.1. The molecule has 1 fully saturated rings. The first-order valence-corrected chi connectivity index (χ1v) is 13.1. The highest BCUT2D eigenvalue weighted by atomic mass is 19.4. The van der Waals surface area contributed by atoms with Crippen LogP contribution in [0.2, 0.25) is 0 Å². The Balaban J connectivity index is 1.34. The van der Waals surface area contributed by atoms with E-state index in [1.54, 1.807) is 33.8 Å². The van der Waals surface area contributed by atoms with Crippen molar-refractivity contribution < 1.29 is 22.8 Å². The molecule has 1 saturated heterocycles. The van der Waals surface area contributed by atoms with Gasteiger partial charge < -0.3 is 16.0 Å². The molecule has 2 amide bonds. The lowest BCUT2D eigenvalue weighted by Crippen LogP contribution is -2.40. The van der Waals surface area contributed by atoms with E-state index in [0.29, 0.717) is 40.9 Å². The van der Waals surface area contributed by atoms with Crippen molar-refractivity contribution in [2.24, 2.45) is 0 Å². The molecule has 214 valence electrons. The highest BCUT2D eigenvalue weighted by molar-refractivity contribution is 5.92. The molecule has 5 rings (SSSR count). The van der Waals surface area contributed by atoms with Crippen LogP contribution in [0, 0.1) is 11.8 Å². The SMILES string of the molecule is C=CC(=O)N1CCCC(n2nc(C#Cc3cccc(CC(=O)Nc4ccc(C(F)(F)F)cc4)c3)c3c(N)ncnc32)C1. The van der Waals surface area contributed by atoms with Gasteiger partial charge in [-0.3, -0.25) is 9.59 Å². The molecule has 0 saturated carbocycles. The van der Waals surface area contributed by atoms with Crippen LogP contribution in [0.5, 0.6) is 0 Å². The van der Waals surface area contributed by atoms with Gasteiger partial charge in [0.05, 0.1) is 23.4 Å². The van der Waals surface area contributed by atoms with Crippen molar-refractivity contribution in [1.29, 1.82) is 0 Å². The molecule has 2 aromatic heterocycles. The Bertz CT molecular complexity index is 1720. The highest BCUT2D eigenvalue weighted by Gasteiger charge is 2.30. The van der Waals surface area contributed by atoms with Gasteiger partial charge in [0, 0.05) is 24.3 Å². The van der Waals surface area contributed by atoms with Crippen molar-refractivity contribution in [1.82, 2.24) is 24.6 Å². The summed E-state index contributed by atoms with van der Waals surface area (Å²) in [6.07, 6.45) is -0.195. The Kier molecular flexibility index (Phi) is 7.93. The summed E-state index contributed by atoms with van der Waals surface area (Å²) in [5.41, 5.74) is 7.86. The molecule has 12 heteroatoms. The third kappa shape index (κ3) is 6.25. The van der Waals surface area contributed by atoms with E-state index in [2.05, 4.69) is 33.7 Å². The molecule has 3 heterocycles. The number of hydrogen-bond acceptors (Lipinski definition) is 6. The number of piperidine rings is 1. The summed E-state index contributed by atoms with van der Waals surface area (Å²) in [6.45, 7) is 4.67. The smallest absolute Gasteiger partial charge is 0.383 e. The summed E-state index contributed by atoms with van der Waals surface area (Å²) in [5, 5.41) is 7.84. The summed E-state index contributed by atoms with van der Waals surface area (Å²) in [7, 11) is 0. The number of nitrogens with one attached hydrogen (secondary N) is 1. The van der Waals surface area contributed by atoms with E-state index in [0.717, 1.165) is 25.0 Å². The minimum absolute atomic E-state index is 0.00348. The van der Waals surface area contributed by atoms with Crippen LogP contribution in [0.15, 0.2) is 67.5 Å². The van der Waals surface area contributed by atoms with E-state index in [1.807, 2.05) is 0 Å². The number of nitrogen functional groups attached to an aromatic ring is 1. The molecule has 2 aromatic carbocycles. The average molecular weight is 574 g/mol. The maximum atomic E-state index is 12.8. The Morgan fingerprint density at radius 3 is 2.67 bits per heavy atom. The molecule has 42 heavy (non-hydrogen) atoms. The zero-order valence-electron chi connectivity index (χ0n) is 22.4. The lowest BCUT2D eigenvalue weighted by Gasteiger charge is -2.32. The molecule has 1 atom stereocenters. The van der Waals surface area contributed by atoms with Crippen molar-refractivity contribution in [3.63, 3.8) is 0 Å². The molecule has 1 aliphatic heterocycles. The van der Waals surface area contributed by atoms with Gasteiger partial charge in [0.1, 0.15) is 17.8 Å². The van der Waals surface area contributed by atoms with E-state index in [1.165, 1.54) is 24.5 Å². The highest BCUT2D eigenvalue weighted by Crippen LogP contribution is 2.30. The summed E-state index contributed by atoms with van der Waals surface area (Å²) in [4.78, 5) is 35.0. The van der Waals surface area contributed by atoms with Gasteiger partial charge in [-0.15, -0.1) is 0 Å². The molecule has 9 nitrogen and oxygen atoms in total. The number of carbonyl (C=O) groups is 2. The molecule has 0 aliphatic carbocycles. The van der Waals surface area contributed by atoms with Crippen molar-refractivity contribution in [3.05, 3.63) is 89.9 Å². The van der Waals surface area contributed by atoms with Gasteiger partial charge in [-0.2, -0.15) is 18.3 Å². The van der Waals surface area contributed by atoms with Gasteiger partial charge in [0.2, 0.25) is 11.8 Å². The van der Waals surface area contributed by atoms with Crippen molar-refractivity contribution >= 4 is 34.4 Å². The summed E-state index contributed by atoms with van der Waals surface area (Å²) >= 11 is 0. The number of alkyl halides is 3. The number of benzene rings is 2. The summed E-state index contributed by atoms with van der Waals surface area (Å²) in [6, 6.07) is 11.2. The number of anilines is 2. The predicted molar refractivity (Wildman–Crippen MR) is 151 cm³/mol. The molecule has 4 aromatic rings. The van der Waals surface area contributed by atoms with Gasteiger partial charge in [0.15, 0.2) is 5.65 Å². The zero-order chi connectivity index (χ0) is 29.9. The van der Waals surface area contributed by atoms with E-state index in [-0.39, 0.29) is 35.8 Å². The predicted octanol–water partition coefficient (Wildman–Crippen LogP) is 4.36. The van der Waals surface area contributed by atoms with Crippen LogP contribution in [0.1, 0.15) is 41.3 Å². The maximum absolute atomic E-state index is 12.8. The van der Waals surface area contributed by atoms with Crippen LogP contribution in [0.25, 0.3) is 11.0 Å². The number of nitrogens with zero attached hydrogens (tertiary/aromatic N) is 5. The number of amides is 2. The molecular formula is C30H26F3N7O2. The van der Waals surface area contributed by atoms with Gasteiger partial charge >= 0.3 is 6.18 Å². The summed E-state index contributed by atoms with van der Waals surface area (Å²) in [5.74, 6) is 5.83. The fourth-order valence-corrected chi connectivity index (χ4v) is 4.84. The van der Waals surface area contributed by atoms with Crippen LogP contribution in [-0.4, -0.2) is 49.6 Å². The van der Waals surface area contributed by atoms with Gasteiger partial charge in [0.25, 0.3) is 0 Å². The number of hydrogen-bond donors (Lipinski definition) is 2. The van der Waals surface area contributed by atoms with Gasteiger partial charge in [-0.1, -0.05) is 24.6 Å². The second-order valence-corrected chi connectivity index (χ2v) is 9.79. The number of carbonyl (C=O) groups excluding carboxylic acids is 2. The first kappa shape index (κ1) is 28.4. The van der Waals surface area contributed by atoms with E-state index < -0.39 is 11.7 Å². The third-order valence-corrected chi connectivity index (χ3v) is 6.86. The van der Waals surface area contributed by atoms with Crippen LogP contribution in [-0.2, 0) is 22.2 Å². The quantitative estimate of drug-likeness (QED) is 0.271. The zero-order valence-corrected chi connectivity index (χ0v) is 22.4. The number of aromatic nitrogens is 4. The van der Waals surface area contributed by atoms with Crippen molar-refractivity contribution in [2.45, 2.75) is 31.5 Å². The second-order valence-electron chi connectivity index (χ2n) is 9.79. The fraction of sp³-hybridized carbons (Fsp3) is 0.233. The lowest BCUT2D eigenvalue weighted by molar-refractivity contribution is -0.137. The molecule has 1 aliphatic rings. The maximum Gasteiger partial charge on any atom is 0.416 e. The number of fused-ring (bicyclic) bond motifs is 1. The molecular weight excluding hydrogens is 547 g/mol. The van der Waals surface area contributed by atoms with Crippen molar-refractivity contribution in [3.8, 4) is 11.8 Å². The van der Waals surface area contributed by atoms with Crippen LogP contribution < -0.4 is 11.1 Å². The largest absolute Gasteiger partial charge is 0.416 e. The molecule has 3 N–H and O–H groups in total. The van der Waals surface area contributed by atoms with E-state index >= 15 is 0 Å². The third-order valence-electron chi connectivity index (χ3n) is 6.86. The Hall–Kier alpha value is -5.18. The number of nitrogens with two attached hydrogens (primary N) is 1. The van der Waals surface area contributed by atoms with Crippen LogP contribution in [0.3, 0.4) is 0 Å². The van der Waals surface area contributed by atoms with E-state index in [4.69, 9.17) is 10.8 Å². The number of rotatable bonds is 5. The standard InChI is InChI=1S/C30H26F3N7O2/c1-2-26(42)39-14-4-7-23(17-39)40-29-27(28(34)35-18-36-29)24(38-40)13-8-19-5-3-6-20(15-19)16-25(41)37-22-11-9-21(10-12-22)30(31,32)33/h2-3,5-6,9-12,15,18,23H,1,4,7,14,16-17H2,(H,37,41)(H2,34,35,36). The summed E-state index contributed by atoms with van der Waals surface area (Å²) < 4.78 is 40.1. The minimum Gasteiger partial charge on any atom is -0.383 e. The van der Waals surface area contributed by atoms with Crippen molar-refractivity contribution in [2.75, 3.05) is 24.1 Å². The Morgan fingerprint density at radius 2 is 1.93 bits per heavy atom. The molecule has 0 radical (unpaired) electrons. The first-order valence-electron chi connectivity index (χ1n) is 13.1. The van der Waals surface area contributed by atoms with Crippen LogP contribution in [0.4, 0.5) is 24.7 Å². The number of likely N-dealkylation sites (tertiary alicyclic amines) is 1. The molecule has 0 bridgehead atoms. The van der Waals surface area contributed by atoms with Crippen LogP contribution >= 0.6 is 0 Å². The van der Waals surface area contributed by atoms with Gasteiger partial charge in [-0.05, 0) is 66.8 Å². The second kappa shape index (κ2) is 11.7. The first-order chi connectivity index (χ1) is 20.1. The number of halogens is 3. The fourth-order valence-electron chi connectivity index (χ4n) is 4.84. The minimum atomic E-state index is -4.45. The molecule has 1 unspecified atom stereocenters. The monoisotopic (exact) mass is 573 g/mol. The van der Waals surface area contributed by atoms with E-state index in [9.17, 15) is 22.8 Å². The topological polar surface area (TPSA) is 119 Å².